The molecule has 1 aliphatic rings. The van der Waals surface area contributed by atoms with Crippen molar-refractivity contribution >= 4 is 29.3 Å². The smallest absolute Gasteiger partial charge is 0.230 e. The summed E-state index contributed by atoms with van der Waals surface area (Å²) in [5, 5.41) is 4.29. The van der Waals surface area contributed by atoms with Crippen molar-refractivity contribution in [3.8, 4) is 39.9 Å². The zero-order valence-corrected chi connectivity index (χ0v) is 21.4. The van der Waals surface area contributed by atoms with Crippen molar-refractivity contribution in [2.24, 2.45) is 0 Å². The predicted octanol–water partition coefficient (Wildman–Crippen LogP) is 4.81. The number of amides is 1. The molecule has 4 rings (SSSR count). The number of aromatic amines is 1. The van der Waals surface area contributed by atoms with Crippen molar-refractivity contribution in [1.29, 1.82) is 0 Å². The van der Waals surface area contributed by atoms with Crippen LogP contribution in [0.25, 0.3) is 22.6 Å². The van der Waals surface area contributed by atoms with E-state index in [1.807, 2.05) is 36.4 Å². The maximum Gasteiger partial charge on any atom is 0.230 e. The van der Waals surface area contributed by atoms with E-state index < -0.39 is 0 Å². The Bertz CT molecular complexity index is 1140. The predicted molar refractivity (Wildman–Crippen MR) is 137 cm³/mol. The number of nitrogens with one attached hydrogen (secondary N) is 2. The van der Waals surface area contributed by atoms with Crippen LogP contribution in [0, 0.1) is 0 Å². The molecule has 8 nitrogen and oxygen atoms in total. The van der Waals surface area contributed by atoms with Gasteiger partial charge in [0, 0.05) is 29.3 Å². The standard InChI is InChI=1S/C25H28ClN3O5S/c1-31-19-11-16(12-20(32-2)23(19)33-3)24-28-22(15-6-8-17(26)9-7-15)25(29-24)35-14-21(30)27-13-18-5-4-10-34-18/h6-9,11-12,18H,4-5,10,13-14H2,1-3H3,(H,27,30)(H,28,29)/t18-/m0/s1. The van der Waals surface area contributed by atoms with E-state index in [9.17, 15) is 4.79 Å². The highest BCUT2D eigenvalue weighted by Crippen LogP contribution is 2.42. The van der Waals surface area contributed by atoms with E-state index in [1.54, 1.807) is 21.3 Å². The molecule has 0 bridgehead atoms. The van der Waals surface area contributed by atoms with Crippen molar-refractivity contribution in [2.45, 2.75) is 24.0 Å². The van der Waals surface area contributed by atoms with Gasteiger partial charge in [-0.3, -0.25) is 4.79 Å². The van der Waals surface area contributed by atoms with Gasteiger partial charge in [-0.1, -0.05) is 35.5 Å². The normalized spacial score (nSPS) is 15.1. The second-order valence-electron chi connectivity index (χ2n) is 7.91. The van der Waals surface area contributed by atoms with Gasteiger partial charge < -0.3 is 29.2 Å². The number of ether oxygens (including phenoxy) is 4. The quantitative estimate of drug-likeness (QED) is 0.373. The molecule has 0 unspecified atom stereocenters. The van der Waals surface area contributed by atoms with E-state index in [2.05, 4.69) is 10.3 Å². The Balaban J connectivity index is 1.61. The molecular weight excluding hydrogens is 490 g/mol. The van der Waals surface area contributed by atoms with Crippen molar-refractivity contribution < 1.29 is 23.7 Å². The minimum absolute atomic E-state index is 0.0649. The Kier molecular flexibility index (Phi) is 8.43. The number of methoxy groups -OCH3 is 3. The van der Waals surface area contributed by atoms with Crippen LogP contribution in [-0.4, -0.2) is 62.2 Å². The van der Waals surface area contributed by atoms with Gasteiger partial charge in [-0.15, -0.1) is 0 Å². The van der Waals surface area contributed by atoms with E-state index in [-0.39, 0.29) is 17.8 Å². The average molecular weight is 518 g/mol. The van der Waals surface area contributed by atoms with Gasteiger partial charge in [0.15, 0.2) is 11.5 Å². The van der Waals surface area contributed by atoms with Gasteiger partial charge in [-0.05, 0) is 37.1 Å². The molecule has 0 spiro atoms. The molecule has 10 heteroatoms. The molecule has 1 saturated heterocycles. The first-order chi connectivity index (χ1) is 17.0. The molecule has 1 aromatic heterocycles. The van der Waals surface area contributed by atoms with Crippen LogP contribution >= 0.6 is 23.4 Å². The Morgan fingerprint density at radius 3 is 2.46 bits per heavy atom. The topological polar surface area (TPSA) is 94.7 Å². The molecule has 2 aromatic carbocycles. The number of hydrogen-bond acceptors (Lipinski definition) is 7. The number of hydrogen-bond donors (Lipinski definition) is 2. The third-order valence-corrected chi connectivity index (χ3v) is 6.86. The van der Waals surface area contributed by atoms with Crippen LogP contribution < -0.4 is 19.5 Å². The summed E-state index contributed by atoms with van der Waals surface area (Å²) in [5.74, 6) is 2.32. The first-order valence-corrected chi connectivity index (χ1v) is 12.6. The molecule has 3 aromatic rings. The highest BCUT2D eigenvalue weighted by atomic mass is 35.5. The van der Waals surface area contributed by atoms with E-state index >= 15 is 0 Å². The fraction of sp³-hybridized carbons (Fsp3) is 0.360. The van der Waals surface area contributed by atoms with E-state index in [1.165, 1.54) is 11.8 Å². The van der Waals surface area contributed by atoms with E-state index in [0.29, 0.717) is 39.7 Å². The second kappa shape index (κ2) is 11.7. The molecule has 0 radical (unpaired) electrons. The maximum absolute atomic E-state index is 12.5. The fourth-order valence-electron chi connectivity index (χ4n) is 3.85. The average Bonchev–Trinajstić information content (AvgIpc) is 3.56. The van der Waals surface area contributed by atoms with Crippen LogP contribution in [0.1, 0.15) is 12.8 Å². The summed E-state index contributed by atoms with van der Waals surface area (Å²) in [6, 6.07) is 11.1. The molecule has 186 valence electrons. The summed E-state index contributed by atoms with van der Waals surface area (Å²) in [7, 11) is 4.70. The molecule has 2 heterocycles. The lowest BCUT2D eigenvalue weighted by molar-refractivity contribution is -0.119. The Labute approximate surface area is 213 Å². The van der Waals surface area contributed by atoms with E-state index in [4.69, 9.17) is 35.5 Å². The lowest BCUT2D eigenvalue weighted by Crippen LogP contribution is -2.32. The Morgan fingerprint density at radius 2 is 1.86 bits per heavy atom. The number of carbonyl (C=O) groups is 1. The van der Waals surface area contributed by atoms with E-state index in [0.717, 1.165) is 36.3 Å². The first kappa shape index (κ1) is 25.2. The van der Waals surface area contributed by atoms with Gasteiger partial charge in [-0.2, -0.15) is 0 Å². The van der Waals surface area contributed by atoms with Crippen molar-refractivity contribution in [3.63, 3.8) is 0 Å². The summed E-state index contributed by atoms with van der Waals surface area (Å²) < 4.78 is 22.0. The number of aromatic nitrogens is 2. The zero-order chi connectivity index (χ0) is 24.8. The highest BCUT2D eigenvalue weighted by Gasteiger charge is 2.20. The molecule has 1 aliphatic heterocycles. The van der Waals surface area contributed by atoms with Crippen molar-refractivity contribution in [2.75, 3.05) is 40.2 Å². The van der Waals surface area contributed by atoms with Crippen LogP contribution in [0.15, 0.2) is 41.4 Å². The van der Waals surface area contributed by atoms with Crippen molar-refractivity contribution in [3.05, 3.63) is 41.4 Å². The van der Waals surface area contributed by atoms with Crippen molar-refractivity contribution in [1.82, 2.24) is 15.3 Å². The molecule has 0 saturated carbocycles. The van der Waals surface area contributed by atoms with Gasteiger partial charge >= 0.3 is 0 Å². The van der Waals surface area contributed by atoms with Gasteiger partial charge in [0.25, 0.3) is 0 Å². The third-order valence-electron chi connectivity index (χ3n) is 5.63. The molecule has 0 aliphatic carbocycles. The number of thioether (sulfide) groups is 1. The van der Waals surface area contributed by atoms with Gasteiger partial charge in [0.1, 0.15) is 10.9 Å². The largest absolute Gasteiger partial charge is 0.493 e. The summed E-state index contributed by atoms with van der Waals surface area (Å²) in [4.78, 5) is 20.7. The fourth-order valence-corrected chi connectivity index (χ4v) is 4.81. The molecule has 1 atom stereocenters. The van der Waals surface area contributed by atoms with Crippen LogP contribution in [-0.2, 0) is 9.53 Å². The highest BCUT2D eigenvalue weighted by molar-refractivity contribution is 8.00. The molecule has 1 amide bonds. The molecule has 1 fully saturated rings. The molecule has 2 N–H and O–H groups in total. The summed E-state index contributed by atoms with van der Waals surface area (Å²) in [6.45, 7) is 1.29. The van der Waals surface area contributed by atoms with Crippen LogP contribution in [0.2, 0.25) is 5.02 Å². The number of benzene rings is 2. The lowest BCUT2D eigenvalue weighted by atomic mass is 10.1. The maximum atomic E-state index is 12.5. The number of H-pyrrole nitrogens is 1. The minimum atomic E-state index is -0.0649. The number of carbonyl (C=O) groups excluding carboxylic acids is 1. The Morgan fingerprint density at radius 1 is 1.14 bits per heavy atom. The Hall–Kier alpha value is -2.88. The minimum Gasteiger partial charge on any atom is -0.493 e. The zero-order valence-electron chi connectivity index (χ0n) is 19.9. The third kappa shape index (κ3) is 6.04. The van der Waals surface area contributed by atoms with Crippen LogP contribution in [0.4, 0.5) is 0 Å². The molecule has 35 heavy (non-hydrogen) atoms. The van der Waals surface area contributed by atoms with Gasteiger partial charge in [0.05, 0.1) is 38.9 Å². The summed E-state index contributed by atoms with van der Waals surface area (Å²) in [6.07, 6.45) is 2.12. The number of rotatable bonds is 10. The molecular formula is C25H28ClN3O5S. The number of nitrogens with zero attached hydrogens (tertiary/aromatic N) is 1. The SMILES string of the molecule is COc1cc(-c2nc(SCC(=O)NC[C@@H]3CCCO3)c(-c3ccc(Cl)cc3)[nH]2)cc(OC)c1OC. The van der Waals surface area contributed by atoms with Gasteiger partial charge in [0.2, 0.25) is 11.7 Å². The van der Waals surface area contributed by atoms with Gasteiger partial charge in [-0.25, -0.2) is 4.98 Å². The lowest BCUT2D eigenvalue weighted by Gasteiger charge is -2.13. The summed E-state index contributed by atoms with van der Waals surface area (Å²) >= 11 is 7.46. The monoisotopic (exact) mass is 517 g/mol. The van der Waals surface area contributed by atoms with Crippen LogP contribution in [0.5, 0.6) is 17.2 Å². The summed E-state index contributed by atoms with van der Waals surface area (Å²) in [5.41, 5.74) is 2.45. The van der Waals surface area contributed by atoms with Crippen LogP contribution in [0.3, 0.4) is 0 Å². The number of halogens is 1. The first-order valence-electron chi connectivity index (χ1n) is 11.2. The second-order valence-corrected chi connectivity index (χ2v) is 9.31. The number of imidazole rings is 1.